The van der Waals surface area contributed by atoms with E-state index in [1.807, 2.05) is 18.2 Å². The Bertz CT molecular complexity index is 522. The second-order valence-electron chi connectivity index (χ2n) is 3.28. The highest BCUT2D eigenvalue weighted by Gasteiger charge is 2.09. The molecular weight excluding hydrogens is 272 g/mol. The summed E-state index contributed by atoms with van der Waals surface area (Å²) in [6.45, 7) is 2.32. The van der Waals surface area contributed by atoms with Crippen LogP contribution in [-0.2, 0) is 16.1 Å². The van der Waals surface area contributed by atoms with Crippen LogP contribution in [-0.4, -0.2) is 22.4 Å². The van der Waals surface area contributed by atoms with Crippen LogP contribution >= 0.6 is 15.9 Å². The van der Waals surface area contributed by atoms with Crippen molar-refractivity contribution in [3.8, 4) is 0 Å². The maximum Gasteiger partial charge on any atom is 0.327 e. The number of carbonyl (C=O) groups excluding carboxylic acids is 1. The monoisotopic (exact) mass is 282 g/mol. The average Bonchev–Trinajstić information content (AvgIpc) is 2.64. The van der Waals surface area contributed by atoms with Crippen LogP contribution < -0.4 is 0 Å². The summed E-state index contributed by atoms with van der Waals surface area (Å²) in [4.78, 5) is 11.3. The van der Waals surface area contributed by atoms with Crippen LogP contribution in [0.3, 0.4) is 0 Å². The topological polar surface area (TPSA) is 44.1 Å². The molecule has 0 aliphatic carbocycles. The first-order valence-corrected chi connectivity index (χ1v) is 5.77. The predicted molar refractivity (Wildman–Crippen MR) is 64.1 cm³/mol. The third-order valence-electron chi connectivity index (χ3n) is 2.22. The number of rotatable bonds is 3. The molecule has 0 amide bonds. The first kappa shape index (κ1) is 11.1. The van der Waals surface area contributed by atoms with Crippen molar-refractivity contribution in [1.29, 1.82) is 0 Å². The molecule has 0 bridgehead atoms. The summed E-state index contributed by atoms with van der Waals surface area (Å²) in [7, 11) is 0. The minimum Gasteiger partial charge on any atom is -0.465 e. The van der Waals surface area contributed by atoms with Gasteiger partial charge in [0, 0.05) is 9.86 Å². The minimum atomic E-state index is -0.271. The SMILES string of the molecule is CCOC(=O)Cn1ncc2c(Br)cccc21. The number of aromatic nitrogens is 2. The molecule has 0 atom stereocenters. The molecule has 0 aliphatic heterocycles. The largest absolute Gasteiger partial charge is 0.465 e. The molecule has 1 heterocycles. The minimum absolute atomic E-state index is 0.147. The molecule has 0 saturated heterocycles. The molecule has 4 nitrogen and oxygen atoms in total. The lowest BCUT2D eigenvalue weighted by Crippen LogP contribution is -2.14. The van der Waals surface area contributed by atoms with E-state index >= 15 is 0 Å². The Hall–Kier alpha value is -1.36. The Balaban J connectivity index is 2.32. The van der Waals surface area contributed by atoms with Gasteiger partial charge in [-0.2, -0.15) is 5.10 Å². The van der Waals surface area contributed by atoms with E-state index in [0.717, 1.165) is 15.4 Å². The van der Waals surface area contributed by atoms with Crippen LogP contribution in [0.15, 0.2) is 28.9 Å². The highest BCUT2D eigenvalue weighted by atomic mass is 79.9. The van der Waals surface area contributed by atoms with Gasteiger partial charge in [0.25, 0.3) is 0 Å². The van der Waals surface area contributed by atoms with E-state index in [9.17, 15) is 4.79 Å². The summed E-state index contributed by atoms with van der Waals surface area (Å²) in [5, 5.41) is 5.16. The quantitative estimate of drug-likeness (QED) is 0.812. The number of ether oxygens (including phenoxy) is 1. The van der Waals surface area contributed by atoms with E-state index in [-0.39, 0.29) is 12.5 Å². The van der Waals surface area contributed by atoms with Crippen LogP contribution in [0.25, 0.3) is 10.9 Å². The molecule has 0 radical (unpaired) electrons. The van der Waals surface area contributed by atoms with E-state index in [1.165, 1.54) is 0 Å². The van der Waals surface area contributed by atoms with Gasteiger partial charge in [0.2, 0.25) is 0 Å². The lowest BCUT2D eigenvalue weighted by Gasteiger charge is -2.03. The third kappa shape index (κ3) is 2.09. The van der Waals surface area contributed by atoms with E-state index in [4.69, 9.17) is 4.74 Å². The number of esters is 1. The van der Waals surface area contributed by atoms with E-state index in [1.54, 1.807) is 17.8 Å². The fourth-order valence-corrected chi connectivity index (χ4v) is 1.98. The molecule has 2 aromatic rings. The molecule has 0 fully saturated rings. The van der Waals surface area contributed by atoms with Crippen LogP contribution in [0.4, 0.5) is 0 Å². The number of fused-ring (bicyclic) bond motifs is 1. The Kier molecular flexibility index (Phi) is 3.24. The third-order valence-corrected chi connectivity index (χ3v) is 2.91. The van der Waals surface area contributed by atoms with E-state index in [0.29, 0.717) is 6.61 Å². The maximum atomic E-state index is 11.3. The molecule has 2 rings (SSSR count). The van der Waals surface area contributed by atoms with E-state index in [2.05, 4.69) is 21.0 Å². The van der Waals surface area contributed by atoms with E-state index < -0.39 is 0 Å². The van der Waals surface area contributed by atoms with Crippen molar-refractivity contribution in [2.45, 2.75) is 13.5 Å². The van der Waals surface area contributed by atoms with Crippen molar-refractivity contribution in [3.05, 3.63) is 28.9 Å². The van der Waals surface area contributed by atoms with Gasteiger partial charge in [0.15, 0.2) is 0 Å². The van der Waals surface area contributed by atoms with Gasteiger partial charge >= 0.3 is 5.97 Å². The lowest BCUT2D eigenvalue weighted by molar-refractivity contribution is -0.143. The summed E-state index contributed by atoms with van der Waals surface area (Å²) < 4.78 is 7.49. The zero-order chi connectivity index (χ0) is 11.5. The second kappa shape index (κ2) is 4.65. The number of halogens is 1. The molecule has 0 aliphatic rings. The first-order valence-electron chi connectivity index (χ1n) is 4.98. The second-order valence-corrected chi connectivity index (χ2v) is 4.13. The van der Waals surface area contributed by atoms with Gasteiger partial charge in [-0.25, -0.2) is 0 Å². The number of benzene rings is 1. The van der Waals surface area contributed by atoms with Crippen molar-refractivity contribution in [2.24, 2.45) is 0 Å². The molecule has 0 spiro atoms. The molecule has 1 aromatic heterocycles. The highest BCUT2D eigenvalue weighted by Crippen LogP contribution is 2.23. The van der Waals surface area contributed by atoms with Gasteiger partial charge in [-0.3, -0.25) is 9.48 Å². The number of nitrogens with zero attached hydrogens (tertiary/aromatic N) is 2. The van der Waals surface area contributed by atoms with Crippen LogP contribution in [0, 0.1) is 0 Å². The van der Waals surface area contributed by atoms with Gasteiger partial charge in [-0.1, -0.05) is 22.0 Å². The van der Waals surface area contributed by atoms with Crippen molar-refractivity contribution in [2.75, 3.05) is 6.61 Å². The molecule has 5 heteroatoms. The Morgan fingerprint density at radius 3 is 3.12 bits per heavy atom. The molecule has 0 unspecified atom stereocenters. The van der Waals surface area contributed by atoms with Crippen LogP contribution in [0.5, 0.6) is 0 Å². The standard InChI is InChI=1S/C11H11BrN2O2/c1-2-16-11(15)7-14-10-5-3-4-9(12)8(10)6-13-14/h3-6H,2,7H2,1H3. The average molecular weight is 283 g/mol. The summed E-state index contributed by atoms with van der Waals surface area (Å²) in [5.41, 5.74) is 0.919. The molecule has 1 aromatic carbocycles. The Labute approximate surface area is 101 Å². The normalized spacial score (nSPS) is 10.6. The Morgan fingerprint density at radius 1 is 1.56 bits per heavy atom. The summed E-state index contributed by atoms with van der Waals surface area (Å²) in [6, 6.07) is 5.78. The molecule has 84 valence electrons. The molecule has 0 saturated carbocycles. The zero-order valence-electron chi connectivity index (χ0n) is 8.81. The summed E-state index contributed by atoms with van der Waals surface area (Å²) in [5.74, 6) is -0.271. The number of hydrogen-bond acceptors (Lipinski definition) is 3. The predicted octanol–water partition coefficient (Wildman–Crippen LogP) is 2.36. The molecular formula is C11H11BrN2O2. The molecule has 0 N–H and O–H groups in total. The number of carbonyl (C=O) groups is 1. The van der Waals surface area contributed by atoms with Gasteiger partial charge in [-0.15, -0.1) is 0 Å². The van der Waals surface area contributed by atoms with Crippen molar-refractivity contribution in [3.63, 3.8) is 0 Å². The number of hydrogen-bond donors (Lipinski definition) is 0. The Morgan fingerprint density at radius 2 is 2.38 bits per heavy atom. The fourth-order valence-electron chi connectivity index (χ4n) is 1.52. The van der Waals surface area contributed by atoms with Gasteiger partial charge in [0.1, 0.15) is 6.54 Å². The van der Waals surface area contributed by atoms with Crippen LogP contribution in [0.1, 0.15) is 6.92 Å². The van der Waals surface area contributed by atoms with Gasteiger partial charge < -0.3 is 4.74 Å². The maximum absolute atomic E-state index is 11.3. The summed E-state index contributed by atoms with van der Waals surface area (Å²) >= 11 is 3.44. The molecule has 16 heavy (non-hydrogen) atoms. The summed E-state index contributed by atoms with van der Waals surface area (Å²) in [6.07, 6.45) is 1.73. The smallest absolute Gasteiger partial charge is 0.327 e. The van der Waals surface area contributed by atoms with Crippen LogP contribution in [0.2, 0.25) is 0 Å². The fraction of sp³-hybridized carbons (Fsp3) is 0.273. The van der Waals surface area contributed by atoms with Gasteiger partial charge in [-0.05, 0) is 19.1 Å². The highest BCUT2D eigenvalue weighted by molar-refractivity contribution is 9.10. The first-order chi connectivity index (χ1) is 7.72. The van der Waals surface area contributed by atoms with Crippen molar-refractivity contribution < 1.29 is 9.53 Å². The van der Waals surface area contributed by atoms with Gasteiger partial charge in [0.05, 0.1) is 18.3 Å². The van der Waals surface area contributed by atoms with Crippen molar-refractivity contribution in [1.82, 2.24) is 9.78 Å². The van der Waals surface area contributed by atoms with Crippen molar-refractivity contribution >= 4 is 32.8 Å². The zero-order valence-corrected chi connectivity index (χ0v) is 10.4. The lowest BCUT2D eigenvalue weighted by atomic mass is 10.2.